The number of H-pyrrole nitrogens is 1. The highest BCUT2D eigenvalue weighted by molar-refractivity contribution is 5.95. The fraction of sp³-hybridized carbons (Fsp3) is 0.214. The number of carboxylic acids is 2. The number of aliphatic carboxylic acids is 2. The number of hydrogen-bond donors (Lipinski definition) is 7. The SMILES string of the molecule is COc1cc(OCCF)c(F)c(C(Nc2ccc(C(=N)N)cc2)c2nn(-c3cccnc3N)c(=O)[nH]2)c1.O=C(O)C(F)(F)F.O=C(O)C(F)(F)F. The van der Waals surface area contributed by atoms with Gasteiger partial charge in [-0.25, -0.2) is 28.1 Å². The Morgan fingerprint density at radius 3 is 2.10 bits per heavy atom. The van der Waals surface area contributed by atoms with Crippen molar-refractivity contribution in [1.29, 1.82) is 5.41 Å². The van der Waals surface area contributed by atoms with Gasteiger partial charge in [0.1, 0.15) is 42.4 Å². The van der Waals surface area contributed by atoms with E-state index in [4.69, 9.17) is 46.2 Å². The van der Waals surface area contributed by atoms with E-state index in [-0.39, 0.29) is 46.8 Å². The van der Waals surface area contributed by atoms with Gasteiger partial charge < -0.3 is 36.5 Å². The molecule has 1 unspecified atom stereocenters. The van der Waals surface area contributed by atoms with Crippen LogP contribution < -0.4 is 31.9 Å². The van der Waals surface area contributed by atoms with Crippen LogP contribution in [0.2, 0.25) is 0 Å². The number of nitrogens with one attached hydrogen (secondary N) is 3. The first-order chi connectivity index (χ1) is 23.7. The van der Waals surface area contributed by atoms with Gasteiger partial charge in [0.15, 0.2) is 17.4 Å². The number of nitrogens with two attached hydrogens (primary N) is 2. The third-order valence-corrected chi connectivity index (χ3v) is 5.87. The molecule has 0 saturated carbocycles. The van der Waals surface area contributed by atoms with Crippen molar-refractivity contribution in [2.24, 2.45) is 5.73 Å². The summed E-state index contributed by atoms with van der Waals surface area (Å²) in [4.78, 5) is 37.2. The van der Waals surface area contributed by atoms with E-state index in [1.165, 1.54) is 25.4 Å². The lowest BCUT2D eigenvalue weighted by molar-refractivity contribution is -0.193. The van der Waals surface area contributed by atoms with Crippen LogP contribution in [-0.4, -0.2) is 80.5 Å². The Labute approximate surface area is 279 Å². The first-order valence-corrected chi connectivity index (χ1v) is 13.5. The predicted molar refractivity (Wildman–Crippen MR) is 161 cm³/mol. The standard InChI is InChI=1S/C24H24F2N8O3.2C2HF3O2/c1-36-15-11-16(19(26)18(12-15)37-10-8-25)20(31-14-6-4-13(5-7-14)21(27)28)23-32-24(35)34(33-23)17-3-2-9-30-22(17)29;2*3-2(4,5)1(6)7/h2-7,9,11-12,20,31H,8,10H2,1H3,(H3,27,28)(H2,29,30)(H,32,33,35);2*(H,6,7). The van der Waals surface area contributed by atoms with Gasteiger partial charge in [-0.1, -0.05) is 0 Å². The molecule has 2 aromatic heterocycles. The third-order valence-electron chi connectivity index (χ3n) is 5.87. The number of carbonyl (C=O) groups is 2. The number of alkyl halides is 7. The molecule has 0 bridgehead atoms. The fourth-order valence-electron chi connectivity index (χ4n) is 3.60. The number of hydrogen-bond acceptors (Lipinski definition) is 10. The second-order valence-corrected chi connectivity index (χ2v) is 9.38. The molecule has 0 aliphatic rings. The van der Waals surface area contributed by atoms with Crippen molar-refractivity contribution in [1.82, 2.24) is 19.7 Å². The fourth-order valence-corrected chi connectivity index (χ4v) is 3.60. The highest BCUT2D eigenvalue weighted by atomic mass is 19.4. The summed E-state index contributed by atoms with van der Waals surface area (Å²) in [5, 5.41) is 29.3. The number of aromatic amines is 1. The summed E-state index contributed by atoms with van der Waals surface area (Å²) in [6, 6.07) is 11.3. The third kappa shape index (κ3) is 11.6. The van der Waals surface area contributed by atoms with Gasteiger partial charge in [-0.3, -0.25) is 10.4 Å². The zero-order chi connectivity index (χ0) is 38.7. The molecule has 0 aliphatic carbocycles. The molecular weight excluding hydrogens is 712 g/mol. The summed E-state index contributed by atoms with van der Waals surface area (Å²) >= 11 is 0. The van der Waals surface area contributed by atoms with Crippen LogP contribution in [0, 0.1) is 11.2 Å². The van der Waals surface area contributed by atoms with Crippen molar-refractivity contribution in [2.75, 3.05) is 31.4 Å². The van der Waals surface area contributed by atoms with Crippen LogP contribution in [0.15, 0.2) is 59.5 Å². The summed E-state index contributed by atoms with van der Waals surface area (Å²) in [6.45, 7) is -1.18. The van der Waals surface area contributed by atoms with Crippen LogP contribution >= 0.6 is 0 Å². The Balaban J connectivity index is 0.000000543. The minimum atomic E-state index is -5.08. The molecule has 0 amide bonds. The maximum atomic E-state index is 15.7. The molecule has 4 aromatic rings. The number of halogens is 8. The van der Waals surface area contributed by atoms with Gasteiger partial charge in [0.25, 0.3) is 0 Å². The lowest BCUT2D eigenvalue weighted by atomic mass is 10.0. The first-order valence-electron chi connectivity index (χ1n) is 13.5. The number of carboxylic acid groups (broad SMARTS) is 2. The zero-order valence-corrected chi connectivity index (χ0v) is 25.6. The average molecular weight is 739 g/mol. The van der Waals surface area contributed by atoms with Crippen molar-refractivity contribution in [3.8, 4) is 17.2 Å². The van der Waals surface area contributed by atoms with Crippen LogP contribution in [0.1, 0.15) is 23.0 Å². The van der Waals surface area contributed by atoms with Gasteiger partial charge >= 0.3 is 30.0 Å². The molecule has 0 saturated heterocycles. The number of rotatable bonds is 10. The minimum absolute atomic E-state index is 0.00362. The second kappa shape index (κ2) is 17.3. The lowest BCUT2D eigenvalue weighted by Gasteiger charge is -2.21. The van der Waals surface area contributed by atoms with E-state index in [1.807, 2.05) is 0 Å². The highest BCUT2D eigenvalue weighted by Crippen LogP contribution is 2.35. The quantitative estimate of drug-likeness (QED) is 0.0698. The van der Waals surface area contributed by atoms with Crippen LogP contribution in [-0.2, 0) is 9.59 Å². The van der Waals surface area contributed by atoms with E-state index < -0.39 is 48.5 Å². The number of ether oxygens (including phenoxy) is 2. The van der Waals surface area contributed by atoms with Gasteiger partial charge in [0.05, 0.1) is 7.11 Å². The number of methoxy groups -OCH3 is 1. The number of nitrogen functional groups attached to an aromatic ring is 2. The minimum Gasteiger partial charge on any atom is -0.497 e. The van der Waals surface area contributed by atoms with Gasteiger partial charge in [-0.05, 0) is 42.5 Å². The van der Waals surface area contributed by atoms with Crippen molar-refractivity contribution in [3.63, 3.8) is 0 Å². The van der Waals surface area contributed by atoms with Crippen LogP contribution in [0.3, 0.4) is 0 Å². The zero-order valence-electron chi connectivity index (χ0n) is 25.6. The van der Waals surface area contributed by atoms with Gasteiger partial charge in [0.2, 0.25) is 0 Å². The van der Waals surface area contributed by atoms with E-state index in [9.17, 15) is 35.5 Å². The van der Waals surface area contributed by atoms with Crippen molar-refractivity contribution < 1.29 is 64.4 Å². The van der Waals surface area contributed by atoms with Gasteiger partial charge in [-0.2, -0.15) is 31.0 Å². The second-order valence-electron chi connectivity index (χ2n) is 9.38. The van der Waals surface area contributed by atoms with Crippen molar-refractivity contribution >= 4 is 29.3 Å². The molecule has 2 aromatic carbocycles. The largest absolute Gasteiger partial charge is 0.497 e. The summed E-state index contributed by atoms with van der Waals surface area (Å²) in [7, 11) is 1.39. The topological polar surface area (TPSA) is 245 Å². The predicted octanol–water partition coefficient (Wildman–Crippen LogP) is 3.79. The van der Waals surface area contributed by atoms with Crippen molar-refractivity contribution in [3.05, 3.63) is 88.0 Å². The smallest absolute Gasteiger partial charge is 0.490 e. The summed E-state index contributed by atoms with van der Waals surface area (Å²) in [6.07, 6.45) is -8.70. The van der Waals surface area contributed by atoms with Crippen LogP contribution in [0.4, 0.5) is 46.6 Å². The summed E-state index contributed by atoms with van der Waals surface area (Å²) < 4.78 is 103. The molecule has 51 heavy (non-hydrogen) atoms. The van der Waals surface area contributed by atoms with E-state index >= 15 is 4.39 Å². The van der Waals surface area contributed by atoms with E-state index in [2.05, 4.69) is 20.4 Å². The Morgan fingerprint density at radius 2 is 1.63 bits per heavy atom. The summed E-state index contributed by atoms with van der Waals surface area (Å²) in [5.74, 6) is -6.32. The molecule has 0 aliphatic heterocycles. The van der Waals surface area contributed by atoms with E-state index in [1.54, 1.807) is 36.4 Å². The van der Waals surface area contributed by atoms with Crippen molar-refractivity contribution in [2.45, 2.75) is 18.4 Å². The molecule has 0 fully saturated rings. The molecule has 0 radical (unpaired) electrons. The number of aromatic nitrogens is 4. The molecule has 15 nitrogen and oxygen atoms in total. The average Bonchev–Trinajstić information content (AvgIpc) is 3.44. The summed E-state index contributed by atoms with van der Waals surface area (Å²) in [5.41, 5.74) is 12.0. The Kier molecular flexibility index (Phi) is 13.8. The molecule has 2 heterocycles. The molecular formula is C28H26F8N8O7. The maximum Gasteiger partial charge on any atom is 0.490 e. The normalized spacial score (nSPS) is 11.5. The van der Waals surface area contributed by atoms with Crippen LogP contribution in [0.25, 0.3) is 5.69 Å². The first kappa shape index (κ1) is 40.8. The number of amidine groups is 1. The molecule has 1 atom stereocenters. The molecule has 9 N–H and O–H groups in total. The van der Waals surface area contributed by atoms with E-state index in [0.29, 0.717) is 11.3 Å². The Hall–Kier alpha value is -6.42. The molecule has 23 heteroatoms. The van der Waals surface area contributed by atoms with Gasteiger partial charge in [0, 0.05) is 29.1 Å². The van der Waals surface area contributed by atoms with Crippen LogP contribution in [0.5, 0.6) is 11.5 Å². The lowest BCUT2D eigenvalue weighted by Crippen LogP contribution is -2.21. The Morgan fingerprint density at radius 1 is 1.06 bits per heavy atom. The van der Waals surface area contributed by atoms with Gasteiger partial charge in [-0.15, -0.1) is 5.10 Å². The number of benzene rings is 2. The highest BCUT2D eigenvalue weighted by Gasteiger charge is 2.39. The van der Waals surface area contributed by atoms with E-state index in [0.717, 1.165) is 4.68 Å². The molecule has 4 rings (SSSR count). The number of pyridine rings is 1. The molecule has 0 spiro atoms. The molecule has 276 valence electrons. The maximum absolute atomic E-state index is 15.7. The monoisotopic (exact) mass is 738 g/mol. The number of anilines is 2. The number of nitrogens with zero attached hydrogens (tertiary/aromatic N) is 3. The Bertz CT molecular complexity index is 1860.